The van der Waals surface area contributed by atoms with Crippen LogP contribution in [0.2, 0.25) is 0 Å². The van der Waals surface area contributed by atoms with E-state index in [1.165, 1.54) is 35.9 Å². The standard InChI is InChI=1S/C22H17F3N2O3.C16H14O2.C9H6BrO2.C7H9BO2/c23-22(24,25)30-18-7-4-14(5-8-18)15-6-9-20-19(11-15)21(28)27-17(13-29-20)12-16-3-1-2-10-26-16;1-11-2-4-12(5-3-11)13-6-7-16-14(10-13)15(17)8-9-18-16;10-6-1-2-9-7(5-6)8(11)3-4-12-9;1-6-2-4-7(5-3-6)8(9)10/h1-11,17H,12-13H2,(H,27,28);2-7,10H,8-9H2,1H3;1-3,5H,4H2;2-5,9-10H,1H3/q;;+1;. The van der Waals surface area contributed by atoms with Crippen LogP contribution in [0.15, 0.2) is 168 Å². The molecule has 1 atom stereocenters. The number of nitrogens with zero attached hydrogens (tertiary/aromatic N) is 1. The summed E-state index contributed by atoms with van der Waals surface area (Å²) in [4.78, 5) is 28.9. The molecule has 4 aliphatic rings. The van der Waals surface area contributed by atoms with Gasteiger partial charge in [-0.15, -0.1) is 13.2 Å². The lowest BCUT2D eigenvalue weighted by molar-refractivity contribution is -0.302. The molecule has 1 amide bonds. The largest absolute Gasteiger partial charge is 0.855 e. The highest BCUT2D eigenvalue weighted by Crippen LogP contribution is 2.35. The molecule has 1 unspecified atom stereocenters. The predicted molar refractivity (Wildman–Crippen MR) is 262 cm³/mol. The monoisotopic (exact) mass is 1010 g/mol. The minimum Gasteiger partial charge on any atom is -0.855 e. The maximum Gasteiger partial charge on any atom is 0.573 e. The van der Waals surface area contributed by atoms with Gasteiger partial charge in [0.15, 0.2) is 18.5 Å². The van der Waals surface area contributed by atoms with Crippen LogP contribution < -0.4 is 30.1 Å². The Kier molecular flexibility index (Phi) is 16.8. The first-order valence-electron chi connectivity index (χ1n) is 22.0. The van der Waals surface area contributed by atoms with Crippen LogP contribution in [-0.2, 0) is 11.2 Å². The van der Waals surface area contributed by atoms with E-state index in [0.717, 1.165) is 26.9 Å². The van der Waals surface area contributed by atoms with Crippen LogP contribution in [0.1, 0.15) is 44.0 Å². The van der Waals surface area contributed by atoms with Crippen molar-refractivity contribution in [2.45, 2.75) is 39.1 Å². The fourth-order valence-electron chi connectivity index (χ4n) is 7.30. The number of ketones is 1. The smallest absolute Gasteiger partial charge is 0.573 e. The lowest BCUT2D eigenvalue weighted by Gasteiger charge is -2.17. The minimum absolute atomic E-state index is 0.0394. The van der Waals surface area contributed by atoms with Gasteiger partial charge in [-0.2, -0.15) is 0 Å². The topological polar surface area (TPSA) is 160 Å². The number of aryl methyl sites for hydroxylation is 2. The lowest BCUT2D eigenvalue weighted by atomic mass is 9.80. The van der Waals surface area contributed by atoms with Crippen molar-refractivity contribution in [3.05, 3.63) is 208 Å². The van der Waals surface area contributed by atoms with Gasteiger partial charge >= 0.3 is 19.2 Å². The van der Waals surface area contributed by atoms with Gasteiger partial charge in [0.2, 0.25) is 10.4 Å². The van der Waals surface area contributed by atoms with Crippen molar-refractivity contribution in [1.29, 1.82) is 0 Å². The number of Topliss-reactive ketones (excluding diaryl/α,β-unsaturated/α-hetero) is 1. The molecule has 0 radical (unpaired) electrons. The normalized spacial score (nSPS) is 15.5. The number of aromatic nitrogens is 1. The molecule has 3 aliphatic heterocycles. The molecular weight excluding hydrogens is 968 g/mol. The van der Waals surface area contributed by atoms with E-state index >= 15 is 0 Å². The molecule has 3 N–H and O–H groups in total. The molecule has 0 saturated carbocycles. The Balaban J connectivity index is 0.000000152. The molecule has 4 heterocycles. The van der Waals surface area contributed by atoms with Crippen LogP contribution in [0.5, 0.6) is 17.2 Å². The van der Waals surface area contributed by atoms with Crippen LogP contribution in [0.4, 0.5) is 13.2 Å². The van der Waals surface area contributed by atoms with Crippen molar-refractivity contribution in [1.82, 2.24) is 10.3 Å². The van der Waals surface area contributed by atoms with Crippen molar-refractivity contribution in [3.63, 3.8) is 0 Å². The molecule has 16 heteroatoms. The number of hydrogen-bond donors (Lipinski definition) is 3. The number of allylic oxidation sites excluding steroid dienone is 2. The zero-order valence-corrected chi connectivity index (χ0v) is 39.5. The number of carbonyl (C=O) groups excluding carboxylic acids is 2. The third-order valence-corrected chi connectivity index (χ3v) is 11.4. The first-order chi connectivity index (χ1) is 33.6. The summed E-state index contributed by atoms with van der Waals surface area (Å²) in [5.74, 6) is 2.10. The second kappa shape index (κ2) is 23.3. The van der Waals surface area contributed by atoms with Gasteiger partial charge in [0.25, 0.3) is 5.91 Å². The van der Waals surface area contributed by atoms with E-state index in [9.17, 15) is 27.9 Å². The number of benzene rings is 5. The molecule has 0 bridgehead atoms. The Morgan fingerprint density at radius 1 is 0.829 bits per heavy atom. The molecule has 0 saturated heterocycles. The lowest BCUT2D eigenvalue weighted by Crippen LogP contribution is -2.38. The van der Waals surface area contributed by atoms with E-state index < -0.39 is 13.5 Å². The minimum atomic E-state index is -4.74. The SMILES string of the molecule is Cc1ccc(-c2ccc3c(c2)C(=O)CCO3)cc1.Cc1ccc(B(O)O)cc1.O=C1NC(Cc2ccccn2)COc2ccc(-c3ccc(OC(F)(F)F)cc3)cc21.[O-]C1=CCOC2=C[CH+]C(Br)=C[C+]12. The highest BCUT2D eigenvalue weighted by atomic mass is 79.9. The van der Waals surface area contributed by atoms with E-state index in [4.69, 9.17) is 24.3 Å². The van der Waals surface area contributed by atoms with E-state index in [1.54, 1.807) is 48.7 Å². The number of rotatable bonds is 6. The third-order valence-electron chi connectivity index (χ3n) is 10.9. The fraction of sp³-hybridized carbons (Fsp3) is 0.167. The Bertz CT molecular complexity index is 2860. The highest BCUT2D eigenvalue weighted by molar-refractivity contribution is 9.11. The molecule has 0 fully saturated rings. The first kappa shape index (κ1) is 50.5. The molecule has 70 heavy (non-hydrogen) atoms. The summed E-state index contributed by atoms with van der Waals surface area (Å²) in [7, 11) is -1.35. The van der Waals surface area contributed by atoms with Crippen LogP contribution in [-0.4, -0.2) is 66.1 Å². The number of halogens is 4. The van der Waals surface area contributed by atoms with Crippen molar-refractivity contribution in [3.8, 4) is 39.5 Å². The van der Waals surface area contributed by atoms with Crippen LogP contribution >= 0.6 is 15.9 Å². The average Bonchev–Trinajstić information content (AvgIpc) is 3.50. The average molecular weight is 1010 g/mol. The van der Waals surface area contributed by atoms with Crippen molar-refractivity contribution < 1.29 is 56.9 Å². The maximum absolute atomic E-state index is 12.7. The Labute approximate surface area is 412 Å². The second-order valence-electron chi connectivity index (χ2n) is 16.2. The van der Waals surface area contributed by atoms with E-state index in [2.05, 4.69) is 62.2 Å². The number of carbonyl (C=O) groups is 2. The number of pyridine rings is 1. The third kappa shape index (κ3) is 14.1. The van der Waals surface area contributed by atoms with Gasteiger partial charge < -0.3 is 39.4 Å². The van der Waals surface area contributed by atoms with Gasteiger partial charge in [-0.3, -0.25) is 14.6 Å². The number of nitrogens with one attached hydrogen (secondary N) is 1. The van der Waals surface area contributed by atoms with Crippen molar-refractivity contribution in [2.75, 3.05) is 19.8 Å². The van der Waals surface area contributed by atoms with Gasteiger partial charge in [-0.1, -0.05) is 90.0 Å². The summed E-state index contributed by atoms with van der Waals surface area (Å²) in [6, 6.07) is 37.1. The molecule has 10 rings (SSSR count). The fourth-order valence-corrected chi connectivity index (χ4v) is 7.66. The van der Waals surface area contributed by atoms with E-state index in [0.29, 0.717) is 83.6 Å². The molecular formula is C54H46BBrF3N2O9+. The van der Waals surface area contributed by atoms with E-state index in [-0.39, 0.29) is 29.2 Å². The summed E-state index contributed by atoms with van der Waals surface area (Å²) < 4.78 is 58.3. The molecule has 6 aromatic rings. The van der Waals surface area contributed by atoms with E-state index in [1.807, 2.05) is 61.9 Å². The summed E-state index contributed by atoms with van der Waals surface area (Å²) in [5.41, 5.74) is 8.31. The predicted octanol–water partition coefficient (Wildman–Crippen LogP) is 8.90. The zero-order valence-electron chi connectivity index (χ0n) is 37.9. The number of amides is 1. The summed E-state index contributed by atoms with van der Waals surface area (Å²) in [5, 5.41) is 31.6. The molecule has 1 aromatic heterocycles. The Morgan fingerprint density at radius 2 is 1.44 bits per heavy atom. The van der Waals surface area contributed by atoms with Crippen molar-refractivity contribution in [2.24, 2.45) is 0 Å². The van der Waals surface area contributed by atoms with Gasteiger partial charge in [0.1, 0.15) is 36.4 Å². The van der Waals surface area contributed by atoms with Gasteiger partial charge in [-0.25, -0.2) is 0 Å². The Hall–Kier alpha value is -7.40. The quantitative estimate of drug-likeness (QED) is 0.109. The van der Waals surface area contributed by atoms with Gasteiger partial charge in [-0.05, 0) is 90.1 Å². The van der Waals surface area contributed by atoms with Crippen LogP contribution in [0, 0.1) is 26.2 Å². The number of fused-ring (bicyclic) bond motifs is 3. The van der Waals surface area contributed by atoms with Crippen LogP contribution in [0.25, 0.3) is 22.3 Å². The second-order valence-corrected chi connectivity index (χ2v) is 17.1. The first-order valence-corrected chi connectivity index (χ1v) is 22.8. The van der Waals surface area contributed by atoms with Gasteiger partial charge in [0, 0.05) is 52.5 Å². The van der Waals surface area contributed by atoms with Gasteiger partial charge in [0.05, 0.1) is 23.8 Å². The Morgan fingerprint density at radius 3 is 2.07 bits per heavy atom. The molecule has 356 valence electrons. The molecule has 5 aromatic carbocycles. The summed E-state index contributed by atoms with van der Waals surface area (Å²) in [6.07, 6.45) is 4.93. The molecule has 1 aliphatic carbocycles. The number of alkyl halides is 3. The number of hydrogen-bond acceptors (Lipinski definition) is 10. The number of ether oxygens (including phenoxy) is 4. The summed E-state index contributed by atoms with van der Waals surface area (Å²) >= 11 is 3.30. The molecule has 11 nitrogen and oxygen atoms in total. The zero-order chi connectivity index (χ0) is 49.8. The van der Waals surface area contributed by atoms with Crippen molar-refractivity contribution >= 4 is 40.2 Å². The van der Waals surface area contributed by atoms with Crippen LogP contribution in [0.3, 0.4) is 0 Å². The summed E-state index contributed by atoms with van der Waals surface area (Å²) in [6.45, 7) is 5.20. The maximum atomic E-state index is 12.7. The molecule has 0 spiro atoms. The highest BCUT2D eigenvalue weighted by Gasteiger charge is 2.36.